The van der Waals surface area contributed by atoms with Crippen molar-refractivity contribution in [3.8, 4) is 0 Å². The average Bonchev–Trinajstić information content (AvgIpc) is 3.04. The van der Waals surface area contributed by atoms with Crippen LogP contribution < -0.4 is 10.6 Å². The van der Waals surface area contributed by atoms with Crippen LogP contribution in [0.3, 0.4) is 0 Å². The standard InChI is InChI=1S/C18H28N4O2.3ClH/c1-2-21-7-9-22(10-8-21)13-14-3-5-15(6-4-14)20-18(24)17-11-16(23)12-19-17;;;/h3-6,16-17,19,23H,2,7-13H2,1H3,(H,20,24);3*1H. The molecule has 2 aliphatic heterocycles. The molecule has 0 saturated carbocycles. The molecule has 0 aliphatic carbocycles. The van der Waals surface area contributed by atoms with Gasteiger partial charge in [-0.3, -0.25) is 9.69 Å². The van der Waals surface area contributed by atoms with E-state index in [1.807, 2.05) is 12.1 Å². The van der Waals surface area contributed by atoms with E-state index in [0.29, 0.717) is 13.0 Å². The molecule has 2 atom stereocenters. The van der Waals surface area contributed by atoms with Crippen LogP contribution in [0.2, 0.25) is 0 Å². The van der Waals surface area contributed by atoms with E-state index in [1.54, 1.807) is 0 Å². The third-order valence-electron chi connectivity index (χ3n) is 4.96. The second-order valence-electron chi connectivity index (χ2n) is 6.75. The highest BCUT2D eigenvalue weighted by Gasteiger charge is 2.27. The van der Waals surface area contributed by atoms with Crippen molar-refractivity contribution in [2.24, 2.45) is 0 Å². The predicted octanol–water partition coefficient (Wildman–Crippen LogP) is 1.75. The number of piperazine rings is 1. The first-order valence-corrected chi connectivity index (χ1v) is 8.90. The second kappa shape index (κ2) is 12.8. The minimum atomic E-state index is -0.420. The van der Waals surface area contributed by atoms with Crippen LogP contribution in [0.4, 0.5) is 5.69 Å². The summed E-state index contributed by atoms with van der Waals surface area (Å²) in [6.07, 6.45) is 0.0597. The minimum Gasteiger partial charge on any atom is -0.392 e. The van der Waals surface area contributed by atoms with Crippen molar-refractivity contribution in [1.29, 1.82) is 0 Å². The van der Waals surface area contributed by atoms with E-state index in [1.165, 1.54) is 5.56 Å². The molecule has 2 heterocycles. The van der Waals surface area contributed by atoms with Gasteiger partial charge in [-0.1, -0.05) is 19.1 Å². The lowest BCUT2D eigenvalue weighted by Gasteiger charge is -2.34. The van der Waals surface area contributed by atoms with Crippen LogP contribution in [-0.4, -0.2) is 72.2 Å². The zero-order chi connectivity index (χ0) is 16.9. The van der Waals surface area contributed by atoms with Crippen molar-refractivity contribution in [2.45, 2.75) is 32.0 Å². The summed E-state index contributed by atoms with van der Waals surface area (Å²) in [4.78, 5) is 17.1. The van der Waals surface area contributed by atoms with Crippen LogP contribution in [-0.2, 0) is 11.3 Å². The van der Waals surface area contributed by atoms with E-state index < -0.39 is 6.10 Å². The van der Waals surface area contributed by atoms with Crippen LogP contribution in [0.25, 0.3) is 0 Å². The minimum absolute atomic E-state index is 0. The van der Waals surface area contributed by atoms with Gasteiger partial charge in [0.15, 0.2) is 0 Å². The molecule has 3 rings (SSSR count). The molecule has 9 heteroatoms. The van der Waals surface area contributed by atoms with Gasteiger partial charge in [0.05, 0.1) is 12.1 Å². The second-order valence-corrected chi connectivity index (χ2v) is 6.75. The first kappa shape index (κ1) is 26.4. The Morgan fingerprint density at radius 2 is 1.70 bits per heavy atom. The van der Waals surface area contributed by atoms with Gasteiger partial charge in [0.1, 0.15) is 0 Å². The fourth-order valence-corrected chi connectivity index (χ4v) is 3.36. The molecule has 2 aliphatic rings. The summed E-state index contributed by atoms with van der Waals surface area (Å²) in [7, 11) is 0. The highest BCUT2D eigenvalue weighted by Crippen LogP contribution is 2.15. The fourth-order valence-electron chi connectivity index (χ4n) is 3.36. The Hall–Kier alpha value is -0.600. The maximum Gasteiger partial charge on any atom is 0.241 e. The number of carbonyl (C=O) groups excluding carboxylic acids is 1. The zero-order valence-corrected chi connectivity index (χ0v) is 18.0. The number of likely N-dealkylation sites (N-methyl/N-ethyl adjacent to an activating group) is 1. The third kappa shape index (κ3) is 7.74. The summed E-state index contributed by atoms with van der Waals surface area (Å²) < 4.78 is 0. The van der Waals surface area contributed by atoms with Crippen LogP contribution in [0.15, 0.2) is 24.3 Å². The lowest BCUT2D eigenvalue weighted by Crippen LogP contribution is -2.45. The van der Waals surface area contributed by atoms with E-state index in [9.17, 15) is 9.90 Å². The Labute approximate surface area is 180 Å². The molecule has 0 bridgehead atoms. The van der Waals surface area contributed by atoms with Crippen molar-refractivity contribution >= 4 is 48.8 Å². The summed E-state index contributed by atoms with van der Waals surface area (Å²) in [5.41, 5.74) is 2.08. The van der Waals surface area contributed by atoms with Crippen molar-refractivity contribution in [3.63, 3.8) is 0 Å². The number of anilines is 1. The van der Waals surface area contributed by atoms with Crippen LogP contribution >= 0.6 is 37.2 Å². The highest BCUT2D eigenvalue weighted by atomic mass is 35.5. The van der Waals surface area contributed by atoms with Crippen molar-refractivity contribution in [1.82, 2.24) is 15.1 Å². The van der Waals surface area contributed by atoms with Gasteiger partial charge in [-0.25, -0.2) is 0 Å². The number of aliphatic hydroxyl groups is 1. The molecule has 6 nitrogen and oxygen atoms in total. The van der Waals surface area contributed by atoms with E-state index in [-0.39, 0.29) is 49.2 Å². The van der Waals surface area contributed by atoms with E-state index in [4.69, 9.17) is 0 Å². The van der Waals surface area contributed by atoms with Crippen molar-refractivity contribution in [3.05, 3.63) is 29.8 Å². The topological polar surface area (TPSA) is 67.8 Å². The molecule has 3 N–H and O–H groups in total. The molecule has 2 saturated heterocycles. The number of nitrogens with one attached hydrogen (secondary N) is 2. The van der Waals surface area contributed by atoms with Gasteiger partial charge < -0.3 is 20.6 Å². The molecule has 0 spiro atoms. The molecule has 156 valence electrons. The maximum absolute atomic E-state index is 12.1. The Bertz CT molecular complexity index is 554. The monoisotopic (exact) mass is 440 g/mol. The molecule has 1 amide bonds. The summed E-state index contributed by atoms with van der Waals surface area (Å²) >= 11 is 0. The average molecular weight is 442 g/mol. The Kier molecular flexibility index (Phi) is 12.5. The number of halogens is 3. The van der Waals surface area contributed by atoms with Gasteiger partial charge in [0.25, 0.3) is 0 Å². The number of β-amino-alcohol motifs (C(OH)–C–C–N with tert-alkyl or cyclic N) is 1. The number of nitrogens with zero attached hydrogens (tertiary/aromatic N) is 2. The molecule has 2 unspecified atom stereocenters. The molecule has 1 aromatic rings. The van der Waals surface area contributed by atoms with Gasteiger partial charge in [-0.15, -0.1) is 37.2 Å². The van der Waals surface area contributed by atoms with Gasteiger partial charge in [-0.05, 0) is 30.7 Å². The van der Waals surface area contributed by atoms with Gasteiger partial charge in [0, 0.05) is 45.0 Å². The smallest absolute Gasteiger partial charge is 0.241 e. The normalized spacial score (nSPS) is 22.9. The summed E-state index contributed by atoms with van der Waals surface area (Å²) in [5.74, 6) is -0.0741. The Morgan fingerprint density at radius 3 is 2.22 bits per heavy atom. The third-order valence-corrected chi connectivity index (χ3v) is 4.96. The number of hydrogen-bond donors (Lipinski definition) is 3. The quantitative estimate of drug-likeness (QED) is 0.649. The molecule has 2 fully saturated rings. The summed E-state index contributed by atoms with van der Waals surface area (Å²) in [6.45, 7) is 9.31. The summed E-state index contributed by atoms with van der Waals surface area (Å²) in [5, 5.41) is 15.4. The number of aliphatic hydroxyl groups excluding tert-OH is 1. The number of amides is 1. The number of hydrogen-bond acceptors (Lipinski definition) is 5. The van der Waals surface area contributed by atoms with Gasteiger partial charge in [0.2, 0.25) is 5.91 Å². The van der Waals surface area contributed by atoms with Crippen molar-refractivity contribution < 1.29 is 9.90 Å². The van der Waals surface area contributed by atoms with Crippen LogP contribution in [0, 0.1) is 0 Å². The van der Waals surface area contributed by atoms with Crippen LogP contribution in [0.1, 0.15) is 18.9 Å². The van der Waals surface area contributed by atoms with Gasteiger partial charge >= 0.3 is 0 Å². The zero-order valence-electron chi connectivity index (χ0n) is 15.6. The number of carbonyl (C=O) groups is 1. The molecular formula is C18H31Cl3N4O2. The SMILES string of the molecule is CCN1CCN(Cc2ccc(NC(=O)C3CC(O)CN3)cc2)CC1.Cl.Cl.Cl. The Morgan fingerprint density at radius 1 is 1.11 bits per heavy atom. The Balaban J connectivity index is 0.00000225. The highest BCUT2D eigenvalue weighted by molar-refractivity contribution is 5.95. The number of rotatable bonds is 5. The van der Waals surface area contributed by atoms with E-state index >= 15 is 0 Å². The maximum atomic E-state index is 12.1. The van der Waals surface area contributed by atoms with Crippen LogP contribution in [0.5, 0.6) is 0 Å². The lowest BCUT2D eigenvalue weighted by atomic mass is 10.1. The molecule has 0 radical (unpaired) electrons. The largest absolute Gasteiger partial charge is 0.392 e. The lowest BCUT2D eigenvalue weighted by molar-refractivity contribution is -0.117. The van der Waals surface area contributed by atoms with Crippen molar-refractivity contribution in [2.75, 3.05) is 44.6 Å². The van der Waals surface area contributed by atoms with Gasteiger partial charge in [-0.2, -0.15) is 0 Å². The van der Waals surface area contributed by atoms with E-state index in [0.717, 1.165) is 45.0 Å². The first-order chi connectivity index (χ1) is 11.6. The first-order valence-electron chi connectivity index (χ1n) is 8.90. The summed E-state index contributed by atoms with van der Waals surface area (Å²) in [6, 6.07) is 7.79. The molecule has 27 heavy (non-hydrogen) atoms. The van der Waals surface area contributed by atoms with E-state index in [2.05, 4.69) is 39.5 Å². The predicted molar refractivity (Wildman–Crippen MR) is 117 cm³/mol. The fraction of sp³-hybridized carbons (Fsp3) is 0.611. The molecule has 1 aromatic carbocycles. The molecule has 0 aromatic heterocycles. The molecular weight excluding hydrogens is 411 g/mol. The number of benzene rings is 1.